The number of halogens is 6. The quantitative estimate of drug-likeness (QED) is 0.379. The van der Waals surface area contributed by atoms with Crippen molar-refractivity contribution in [2.24, 2.45) is 0 Å². The van der Waals surface area contributed by atoms with E-state index in [0.29, 0.717) is 11.1 Å². The van der Waals surface area contributed by atoms with Gasteiger partial charge >= 0.3 is 0 Å². The molecule has 0 amide bonds. The maximum Gasteiger partial charge on any atom is 0.191 e. The smallest absolute Gasteiger partial charge is 0.0839 e. The molecule has 0 saturated heterocycles. The van der Waals surface area contributed by atoms with E-state index in [0.717, 1.165) is 20.7 Å². The van der Waals surface area contributed by atoms with Crippen LogP contribution in [-0.2, 0) is 7.33 Å². The first-order valence-corrected chi connectivity index (χ1v) is 9.60. The van der Waals surface area contributed by atoms with Gasteiger partial charge in [0.05, 0.1) is 0 Å². The summed E-state index contributed by atoms with van der Waals surface area (Å²) in [6.45, 7) is 0. The summed E-state index contributed by atoms with van der Waals surface area (Å²) < 4.78 is -0.651. The number of alkyl halides is 4. The molecule has 7 heteroatoms. The number of thioether (sulfide) groups is 1. The van der Waals surface area contributed by atoms with Crippen LogP contribution in [0.2, 0.25) is 0 Å². The monoisotopic (exact) mass is 506 g/mol. The lowest BCUT2D eigenvalue weighted by Crippen LogP contribution is -2.15. The van der Waals surface area contributed by atoms with Gasteiger partial charge in [-0.3, -0.25) is 0 Å². The molecule has 2 rings (SSSR count). The topological polar surface area (TPSA) is 0 Å². The van der Waals surface area contributed by atoms with Gasteiger partial charge in [-0.25, -0.2) is 0 Å². The van der Waals surface area contributed by atoms with Gasteiger partial charge in [0.25, 0.3) is 0 Å². The molecule has 0 nitrogen and oxygen atoms in total. The lowest BCUT2D eigenvalue weighted by molar-refractivity contribution is 1.19. The normalized spacial score (nSPS) is 12.5. The predicted octanol–water partition coefficient (Wildman–Crippen LogP) is 7.82. The zero-order valence-corrected chi connectivity index (χ0v) is 17.3. The molecule has 0 atom stereocenters. The highest BCUT2D eigenvalue weighted by Crippen LogP contribution is 2.58. The molecule has 112 valence electrons. The Bertz CT molecular complexity index is 556. The van der Waals surface area contributed by atoms with E-state index in [1.807, 2.05) is 48.5 Å². The van der Waals surface area contributed by atoms with Crippen LogP contribution in [0, 0.1) is 0 Å². The molecule has 0 spiro atoms. The second kappa shape index (κ2) is 7.21. The lowest BCUT2D eigenvalue weighted by atomic mass is 10.2. The van der Waals surface area contributed by atoms with Crippen LogP contribution in [0.25, 0.3) is 0 Å². The van der Waals surface area contributed by atoms with Gasteiger partial charge in [0.1, 0.15) is 0 Å². The van der Waals surface area contributed by atoms with Crippen LogP contribution in [0.3, 0.4) is 0 Å². The van der Waals surface area contributed by atoms with Crippen LogP contribution in [0.5, 0.6) is 0 Å². The van der Waals surface area contributed by atoms with Crippen LogP contribution < -0.4 is 0 Å². The third-order valence-corrected chi connectivity index (χ3v) is 6.46. The Morgan fingerprint density at radius 1 is 0.619 bits per heavy atom. The molecule has 0 heterocycles. The highest BCUT2D eigenvalue weighted by Gasteiger charge is 2.40. The summed E-state index contributed by atoms with van der Waals surface area (Å²) in [5.41, 5.74) is 1.42. The van der Waals surface area contributed by atoms with Crippen molar-refractivity contribution in [3.8, 4) is 0 Å². The molecule has 0 saturated carbocycles. The van der Waals surface area contributed by atoms with E-state index in [9.17, 15) is 0 Å². The molecule has 0 N–H and O–H groups in total. The van der Waals surface area contributed by atoms with Crippen molar-refractivity contribution in [3.05, 3.63) is 68.6 Å². The zero-order valence-electron chi connectivity index (χ0n) is 10.3. The Balaban J connectivity index is 2.25. The van der Waals surface area contributed by atoms with Crippen molar-refractivity contribution in [2.45, 2.75) is 7.33 Å². The molecule has 0 aliphatic carbocycles. The SMILES string of the molecule is ClC(Cl)(SC(Cl)(Cl)c1ccc(Br)cc1)c1ccc(Br)cc1. The van der Waals surface area contributed by atoms with Crippen LogP contribution >= 0.6 is 90.0 Å². The largest absolute Gasteiger partial charge is 0.191 e. The first kappa shape index (κ1) is 18.3. The minimum Gasteiger partial charge on any atom is -0.0839 e. The van der Waals surface area contributed by atoms with Gasteiger partial charge < -0.3 is 0 Å². The van der Waals surface area contributed by atoms with Crippen LogP contribution in [0.4, 0.5) is 0 Å². The fourth-order valence-electron chi connectivity index (χ4n) is 1.57. The molecule has 21 heavy (non-hydrogen) atoms. The summed E-state index contributed by atoms with van der Waals surface area (Å²) in [6, 6.07) is 14.7. The van der Waals surface area contributed by atoms with E-state index in [1.165, 1.54) is 0 Å². The van der Waals surface area contributed by atoms with E-state index >= 15 is 0 Å². The minimum absolute atomic E-state index is 0.710. The van der Waals surface area contributed by atoms with Crippen molar-refractivity contribution in [3.63, 3.8) is 0 Å². The summed E-state index contributed by atoms with van der Waals surface area (Å²) in [7, 11) is 0. The van der Waals surface area contributed by atoms with Crippen molar-refractivity contribution >= 4 is 90.0 Å². The van der Waals surface area contributed by atoms with E-state index in [4.69, 9.17) is 46.4 Å². The van der Waals surface area contributed by atoms with Crippen molar-refractivity contribution < 1.29 is 0 Å². The van der Waals surface area contributed by atoms with Gasteiger partial charge in [-0.05, 0) is 35.4 Å². The molecular weight excluding hydrogens is 502 g/mol. The van der Waals surface area contributed by atoms with Gasteiger partial charge in [0.15, 0.2) is 7.33 Å². The summed E-state index contributed by atoms with van der Waals surface area (Å²) in [5, 5.41) is 0. The van der Waals surface area contributed by atoms with Crippen molar-refractivity contribution in [1.82, 2.24) is 0 Å². The van der Waals surface area contributed by atoms with Crippen LogP contribution in [0.15, 0.2) is 57.5 Å². The molecule has 0 fully saturated rings. The molecule has 0 aliphatic rings. The fourth-order valence-corrected chi connectivity index (χ4v) is 5.29. The highest BCUT2D eigenvalue weighted by atomic mass is 79.9. The summed E-state index contributed by atoms with van der Waals surface area (Å²) >= 11 is 33.4. The molecule has 0 aromatic heterocycles. The third-order valence-electron chi connectivity index (χ3n) is 2.62. The second-order valence-corrected chi connectivity index (χ2v) is 11.0. The summed E-state index contributed by atoms with van der Waals surface area (Å²) in [5.74, 6) is 0. The summed E-state index contributed by atoms with van der Waals surface area (Å²) in [6.07, 6.45) is 0. The van der Waals surface area contributed by atoms with Gasteiger partial charge in [-0.2, -0.15) is 0 Å². The molecule has 2 aromatic carbocycles. The molecule has 0 aliphatic heterocycles. The second-order valence-electron chi connectivity index (χ2n) is 4.15. The Morgan fingerprint density at radius 3 is 1.19 bits per heavy atom. The van der Waals surface area contributed by atoms with E-state index in [1.54, 1.807) is 0 Å². The highest BCUT2D eigenvalue weighted by molar-refractivity contribution is 9.10. The average molecular weight is 510 g/mol. The van der Waals surface area contributed by atoms with Crippen molar-refractivity contribution in [2.75, 3.05) is 0 Å². The summed E-state index contributed by atoms with van der Waals surface area (Å²) in [4.78, 5) is 0. The molecule has 0 radical (unpaired) electrons. The predicted molar refractivity (Wildman–Crippen MR) is 103 cm³/mol. The Labute approximate surface area is 164 Å². The minimum atomic E-state index is -1.27. The van der Waals surface area contributed by atoms with Crippen LogP contribution in [-0.4, -0.2) is 0 Å². The first-order valence-electron chi connectivity index (χ1n) is 5.68. The third kappa shape index (κ3) is 4.94. The number of hydrogen-bond donors (Lipinski definition) is 0. The molecule has 2 aromatic rings. The van der Waals surface area contributed by atoms with E-state index < -0.39 is 7.33 Å². The Hall–Kier alpha value is 0.910. The number of benzene rings is 2. The zero-order chi connectivity index (χ0) is 15.7. The fraction of sp³-hybridized carbons (Fsp3) is 0.143. The maximum absolute atomic E-state index is 6.41. The molecule has 0 bridgehead atoms. The molecule has 0 unspecified atom stereocenters. The van der Waals surface area contributed by atoms with E-state index in [2.05, 4.69) is 31.9 Å². The molecular formula is C14H8Br2Cl4S. The van der Waals surface area contributed by atoms with Crippen molar-refractivity contribution in [1.29, 1.82) is 0 Å². The van der Waals surface area contributed by atoms with E-state index in [-0.39, 0.29) is 0 Å². The van der Waals surface area contributed by atoms with Crippen LogP contribution in [0.1, 0.15) is 11.1 Å². The van der Waals surface area contributed by atoms with Gasteiger partial charge in [-0.1, -0.05) is 114 Å². The number of hydrogen-bond acceptors (Lipinski definition) is 1. The number of rotatable bonds is 4. The van der Waals surface area contributed by atoms with Gasteiger partial charge in [0.2, 0.25) is 0 Å². The average Bonchev–Trinajstić information content (AvgIpc) is 2.38. The Morgan fingerprint density at radius 2 is 0.905 bits per heavy atom. The van der Waals surface area contributed by atoms with Gasteiger partial charge in [0, 0.05) is 8.95 Å². The lowest BCUT2D eigenvalue weighted by Gasteiger charge is -2.28. The maximum atomic E-state index is 6.41. The standard InChI is InChI=1S/C14H8Br2Cl4S/c15-11-5-1-9(2-6-11)13(17,18)21-14(19,20)10-3-7-12(16)8-4-10/h1-8H. The first-order chi connectivity index (χ1) is 9.71. The Kier molecular flexibility index (Phi) is 6.27. The van der Waals surface area contributed by atoms with Gasteiger partial charge in [-0.15, -0.1) is 0 Å².